The summed E-state index contributed by atoms with van der Waals surface area (Å²) in [6.07, 6.45) is 2.87. The van der Waals surface area contributed by atoms with Crippen molar-refractivity contribution in [2.24, 2.45) is 0 Å². The van der Waals surface area contributed by atoms with Crippen LogP contribution >= 0.6 is 11.6 Å². The molecule has 5 heteroatoms. The van der Waals surface area contributed by atoms with Crippen molar-refractivity contribution >= 4 is 23.2 Å². The van der Waals surface area contributed by atoms with Crippen LogP contribution in [0.2, 0.25) is 5.02 Å². The minimum absolute atomic E-state index is 0.00579. The molecule has 1 unspecified atom stereocenters. The lowest BCUT2D eigenvalue weighted by molar-refractivity contribution is -0.130. The van der Waals surface area contributed by atoms with E-state index in [4.69, 9.17) is 16.3 Å². The summed E-state index contributed by atoms with van der Waals surface area (Å²) >= 11 is 6.32. The predicted molar refractivity (Wildman–Crippen MR) is 79.2 cm³/mol. The van der Waals surface area contributed by atoms with Gasteiger partial charge in [0.1, 0.15) is 6.61 Å². The Hall–Kier alpha value is -1.10. The van der Waals surface area contributed by atoms with Gasteiger partial charge in [0.05, 0.1) is 22.9 Å². The van der Waals surface area contributed by atoms with Gasteiger partial charge < -0.3 is 15.0 Å². The van der Waals surface area contributed by atoms with Gasteiger partial charge in [0.2, 0.25) is 0 Å². The van der Waals surface area contributed by atoms with Crippen LogP contribution in [0.3, 0.4) is 0 Å². The maximum Gasteiger partial charge on any atom is 0.253 e. The van der Waals surface area contributed by atoms with Crippen LogP contribution in [-0.2, 0) is 9.53 Å². The van der Waals surface area contributed by atoms with Gasteiger partial charge in [-0.15, -0.1) is 0 Å². The Balaban J connectivity index is 2.02. The molecule has 0 bridgehead atoms. The van der Waals surface area contributed by atoms with Gasteiger partial charge in [-0.2, -0.15) is 0 Å². The van der Waals surface area contributed by atoms with Crippen LogP contribution in [0.15, 0.2) is 24.3 Å². The van der Waals surface area contributed by atoms with Gasteiger partial charge in [0.15, 0.2) is 0 Å². The monoisotopic (exact) mass is 294 g/mol. The maximum atomic E-state index is 12.5. The van der Waals surface area contributed by atoms with Gasteiger partial charge >= 0.3 is 0 Å². The minimum atomic E-state index is -0.260. The molecule has 2 aliphatic heterocycles. The smallest absolute Gasteiger partial charge is 0.253 e. The number of ether oxygens (including phenoxy) is 1. The first kappa shape index (κ1) is 13.9. The van der Waals surface area contributed by atoms with Crippen molar-refractivity contribution in [2.75, 3.05) is 31.2 Å². The molecule has 1 N–H and O–H groups in total. The lowest BCUT2D eigenvalue weighted by Gasteiger charge is -2.46. The molecule has 108 valence electrons. The number of carbonyl (C=O) groups excluding carboxylic acids is 1. The number of morpholine rings is 1. The molecule has 0 aliphatic carbocycles. The first-order valence-corrected chi connectivity index (χ1v) is 7.47. The zero-order valence-electron chi connectivity index (χ0n) is 11.4. The fourth-order valence-electron chi connectivity index (χ4n) is 3.23. The molecule has 1 amide bonds. The van der Waals surface area contributed by atoms with Crippen LogP contribution in [0.25, 0.3) is 0 Å². The van der Waals surface area contributed by atoms with E-state index in [0.29, 0.717) is 11.6 Å². The standard InChI is InChI=1S/C15H19ClN2O2/c16-12-4-1-2-5-13(12)18-14(19)10-20-11-15(18)6-3-8-17-9-7-15/h1-2,4-5,17H,3,6-11H2. The summed E-state index contributed by atoms with van der Waals surface area (Å²) in [4.78, 5) is 14.3. The number of nitrogens with zero attached hydrogens (tertiary/aromatic N) is 1. The Bertz CT molecular complexity index is 498. The summed E-state index contributed by atoms with van der Waals surface area (Å²) in [6.45, 7) is 2.62. The molecule has 1 aromatic rings. The third-order valence-electron chi connectivity index (χ3n) is 4.18. The van der Waals surface area contributed by atoms with Gasteiger partial charge in [-0.05, 0) is 44.5 Å². The van der Waals surface area contributed by atoms with Crippen molar-refractivity contribution in [3.63, 3.8) is 0 Å². The van der Waals surface area contributed by atoms with Crippen molar-refractivity contribution in [2.45, 2.75) is 24.8 Å². The largest absolute Gasteiger partial charge is 0.369 e. The number of nitrogens with one attached hydrogen (secondary N) is 1. The van der Waals surface area contributed by atoms with E-state index in [1.165, 1.54) is 0 Å². The summed E-state index contributed by atoms with van der Waals surface area (Å²) in [6, 6.07) is 7.57. The van der Waals surface area contributed by atoms with Gasteiger partial charge in [-0.1, -0.05) is 23.7 Å². The van der Waals surface area contributed by atoms with Gasteiger partial charge in [0.25, 0.3) is 5.91 Å². The number of carbonyl (C=O) groups is 1. The van der Waals surface area contributed by atoms with E-state index < -0.39 is 0 Å². The van der Waals surface area contributed by atoms with Gasteiger partial charge in [-0.25, -0.2) is 0 Å². The average molecular weight is 295 g/mol. The number of rotatable bonds is 1. The second-order valence-electron chi connectivity index (χ2n) is 5.50. The van der Waals surface area contributed by atoms with E-state index in [-0.39, 0.29) is 18.1 Å². The quantitative estimate of drug-likeness (QED) is 0.863. The molecule has 4 nitrogen and oxygen atoms in total. The molecule has 0 aromatic heterocycles. The second kappa shape index (κ2) is 5.72. The van der Waals surface area contributed by atoms with E-state index in [0.717, 1.165) is 38.0 Å². The molecule has 2 aliphatic rings. The Labute approximate surface area is 124 Å². The number of benzene rings is 1. The van der Waals surface area contributed by atoms with Crippen LogP contribution in [0, 0.1) is 0 Å². The van der Waals surface area contributed by atoms with Crippen molar-refractivity contribution in [1.82, 2.24) is 5.32 Å². The molecular weight excluding hydrogens is 276 g/mol. The summed E-state index contributed by atoms with van der Waals surface area (Å²) in [5.41, 5.74) is 0.550. The molecule has 20 heavy (non-hydrogen) atoms. The summed E-state index contributed by atoms with van der Waals surface area (Å²) in [7, 11) is 0. The van der Waals surface area contributed by atoms with E-state index in [1.54, 1.807) is 0 Å². The molecule has 0 saturated carbocycles. The van der Waals surface area contributed by atoms with E-state index >= 15 is 0 Å². The third-order valence-corrected chi connectivity index (χ3v) is 4.50. The van der Waals surface area contributed by atoms with Crippen molar-refractivity contribution in [3.05, 3.63) is 29.3 Å². The third kappa shape index (κ3) is 2.43. The number of halogens is 1. The molecule has 2 saturated heterocycles. The first-order valence-electron chi connectivity index (χ1n) is 7.09. The Kier molecular flexibility index (Phi) is 3.96. The topological polar surface area (TPSA) is 41.6 Å². The highest BCUT2D eigenvalue weighted by Gasteiger charge is 2.44. The minimum Gasteiger partial charge on any atom is -0.369 e. The molecule has 2 heterocycles. The fourth-order valence-corrected chi connectivity index (χ4v) is 3.45. The van der Waals surface area contributed by atoms with E-state index in [1.807, 2.05) is 29.2 Å². The second-order valence-corrected chi connectivity index (χ2v) is 5.91. The predicted octanol–water partition coefficient (Wildman–Crippen LogP) is 2.22. The molecule has 1 spiro atoms. The normalized spacial score (nSPS) is 27.6. The maximum absolute atomic E-state index is 12.5. The van der Waals surface area contributed by atoms with Crippen molar-refractivity contribution in [3.8, 4) is 0 Å². The van der Waals surface area contributed by atoms with Gasteiger partial charge in [-0.3, -0.25) is 4.79 Å². The fraction of sp³-hybridized carbons (Fsp3) is 0.533. The summed E-state index contributed by atoms with van der Waals surface area (Å²) in [5.74, 6) is 0.00579. The first-order chi connectivity index (χ1) is 9.73. The number of para-hydroxylation sites is 1. The molecule has 1 atom stereocenters. The summed E-state index contributed by atoms with van der Waals surface area (Å²) < 4.78 is 5.56. The lowest BCUT2D eigenvalue weighted by Crippen LogP contribution is -2.60. The van der Waals surface area contributed by atoms with Crippen LogP contribution in [-0.4, -0.2) is 37.7 Å². The lowest BCUT2D eigenvalue weighted by atomic mass is 9.87. The average Bonchev–Trinajstić information content (AvgIpc) is 2.67. The Morgan fingerprint density at radius 2 is 2.10 bits per heavy atom. The highest BCUT2D eigenvalue weighted by Crippen LogP contribution is 2.38. The van der Waals surface area contributed by atoms with Crippen LogP contribution in [0.5, 0.6) is 0 Å². The van der Waals surface area contributed by atoms with Crippen molar-refractivity contribution in [1.29, 1.82) is 0 Å². The Morgan fingerprint density at radius 1 is 1.25 bits per heavy atom. The molecule has 1 aromatic carbocycles. The van der Waals surface area contributed by atoms with E-state index in [2.05, 4.69) is 5.32 Å². The number of hydrogen-bond donors (Lipinski definition) is 1. The molecule has 3 rings (SSSR count). The van der Waals surface area contributed by atoms with Crippen LogP contribution in [0.1, 0.15) is 19.3 Å². The Morgan fingerprint density at radius 3 is 2.95 bits per heavy atom. The highest BCUT2D eigenvalue weighted by molar-refractivity contribution is 6.33. The summed E-state index contributed by atoms with van der Waals surface area (Å²) in [5, 5.41) is 4.02. The van der Waals surface area contributed by atoms with E-state index in [9.17, 15) is 4.79 Å². The highest BCUT2D eigenvalue weighted by atomic mass is 35.5. The van der Waals surface area contributed by atoms with Crippen molar-refractivity contribution < 1.29 is 9.53 Å². The molecule has 2 fully saturated rings. The number of anilines is 1. The van der Waals surface area contributed by atoms with Crippen LogP contribution in [0.4, 0.5) is 5.69 Å². The molecule has 0 radical (unpaired) electrons. The van der Waals surface area contributed by atoms with Gasteiger partial charge in [0, 0.05) is 0 Å². The van der Waals surface area contributed by atoms with Crippen LogP contribution < -0.4 is 10.2 Å². The zero-order valence-corrected chi connectivity index (χ0v) is 12.2. The SMILES string of the molecule is O=C1COCC2(CCCNCC2)N1c1ccccc1Cl. The molecular formula is C15H19ClN2O2. The zero-order chi connectivity index (χ0) is 14.0. The number of amides is 1. The number of hydrogen-bond acceptors (Lipinski definition) is 3.